The van der Waals surface area contributed by atoms with Crippen molar-refractivity contribution >= 4 is 28.7 Å². The molecule has 0 radical (unpaired) electrons. The van der Waals surface area contributed by atoms with Crippen molar-refractivity contribution in [3.63, 3.8) is 0 Å². The topological polar surface area (TPSA) is 119 Å². The van der Waals surface area contributed by atoms with Crippen molar-refractivity contribution in [3.8, 4) is 0 Å². The number of aryl methyl sites for hydroxylation is 1. The van der Waals surface area contributed by atoms with E-state index in [4.69, 9.17) is 4.74 Å². The van der Waals surface area contributed by atoms with Gasteiger partial charge in [0.25, 0.3) is 11.5 Å². The molecule has 0 spiro atoms. The Labute approximate surface area is 173 Å². The van der Waals surface area contributed by atoms with Crippen LogP contribution in [0.15, 0.2) is 29.1 Å². The Kier molecular flexibility index (Phi) is 7.16. The first kappa shape index (κ1) is 21.5. The second-order valence-electron chi connectivity index (χ2n) is 7.36. The lowest BCUT2D eigenvalue weighted by molar-refractivity contribution is -0.123. The highest BCUT2D eigenvalue weighted by Gasteiger charge is 2.24. The maximum atomic E-state index is 12.7. The largest absolute Gasteiger partial charge is 0.451 e. The molecule has 1 fully saturated rings. The van der Waals surface area contributed by atoms with E-state index in [1.54, 1.807) is 24.3 Å². The number of unbranched alkanes of at least 4 members (excludes halogenated alkanes) is 3. The van der Waals surface area contributed by atoms with Gasteiger partial charge in [0.05, 0.1) is 5.39 Å². The van der Waals surface area contributed by atoms with Crippen molar-refractivity contribution in [3.05, 3.63) is 40.3 Å². The molecule has 9 heteroatoms. The minimum Gasteiger partial charge on any atom is -0.451 e. The van der Waals surface area contributed by atoms with E-state index in [2.05, 4.69) is 22.7 Å². The van der Waals surface area contributed by atoms with Gasteiger partial charge in [-0.3, -0.25) is 14.9 Å². The predicted octanol–water partition coefficient (Wildman–Crippen LogP) is 2.12. The van der Waals surface area contributed by atoms with E-state index >= 15 is 0 Å². The quantitative estimate of drug-likeness (QED) is 0.479. The number of fused-ring (bicyclic) bond motifs is 1. The molecule has 1 aromatic heterocycles. The average Bonchev–Trinajstić information content (AvgIpc) is 3.54. The number of hydrogen-bond acceptors (Lipinski definition) is 6. The molecule has 1 aliphatic rings. The van der Waals surface area contributed by atoms with Crippen molar-refractivity contribution in [2.75, 3.05) is 6.61 Å². The standard InChI is InChI=1S/C21H26N4O5/c1-2-3-4-7-12-25-19(27)16-9-6-5-8-15(16)18(24-25)20(28)30-13-17(26)23-21(29)22-14-10-11-14/h5-6,8-9,14H,2-4,7,10-13H2,1H3,(H2,22,23,26,29). The Bertz CT molecular complexity index is 997. The van der Waals surface area contributed by atoms with Crippen LogP contribution in [0.2, 0.25) is 0 Å². The molecule has 1 saturated carbocycles. The van der Waals surface area contributed by atoms with Gasteiger partial charge in [0, 0.05) is 18.0 Å². The molecule has 0 saturated heterocycles. The molecule has 0 unspecified atom stereocenters. The molecular formula is C21H26N4O5. The SMILES string of the molecule is CCCCCCn1nc(C(=O)OCC(=O)NC(=O)NC2CC2)c2ccccc2c1=O. The van der Waals surface area contributed by atoms with E-state index in [0.717, 1.165) is 38.5 Å². The van der Waals surface area contributed by atoms with Gasteiger partial charge in [0.2, 0.25) is 0 Å². The lowest BCUT2D eigenvalue weighted by Gasteiger charge is -2.11. The lowest BCUT2D eigenvalue weighted by atomic mass is 10.1. The molecule has 3 rings (SSSR count). The number of urea groups is 1. The molecule has 0 aliphatic heterocycles. The summed E-state index contributed by atoms with van der Waals surface area (Å²) >= 11 is 0. The van der Waals surface area contributed by atoms with E-state index in [1.807, 2.05) is 0 Å². The summed E-state index contributed by atoms with van der Waals surface area (Å²) in [6.07, 6.45) is 5.64. The molecule has 0 bridgehead atoms. The monoisotopic (exact) mass is 414 g/mol. The van der Waals surface area contributed by atoms with Crippen LogP contribution in [0.25, 0.3) is 10.8 Å². The predicted molar refractivity (Wildman–Crippen MR) is 110 cm³/mol. The summed E-state index contributed by atoms with van der Waals surface area (Å²) in [5.41, 5.74) is -0.302. The number of carbonyl (C=O) groups is 3. The van der Waals surface area contributed by atoms with Crippen LogP contribution < -0.4 is 16.2 Å². The van der Waals surface area contributed by atoms with Crippen LogP contribution in [0.5, 0.6) is 0 Å². The fraction of sp³-hybridized carbons (Fsp3) is 0.476. The van der Waals surface area contributed by atoms with Gasteiger partial charge in [-0.2, -0.15) is 5.10 Å². The molecule has 2 aromatic rings. The van der Waals surface area contributed by atoms with Crippen molar-refractivity contribution in [2.45, 2.75) is 58.0 Å². The fourth-order valence-electron chi connectivity index (χ4n) is 3.04. The normalized spacial score (nSPS) is 13.1. The number of benzene rings is 1. The number of ether oxygens (including phenoxy) is 1. The Balaban J connectivity index is 1.70. The number of carbonyl (C=O) groups excluding carboxylic acids is 3. The van der Waals surface area contributed by atoms with Gasteiger partial charge in [-0.1, -0.05) is 44.4 Å². The summed E-state index contributed by atoms with van der Waals surface area (Å²) in [5, 5.41) is 9.65. The molecular weight excluding hydrogens is 388 g/mol. The van der Waals surface area contributed by atoms with Gasteiger partial charge in [0.15, 0.2) is 12.3 Å². The van der Waals surface area contributed by atoms with Gasteiger partial charge in [-0.25, -0.2) is 14.3 Å². The number of hydrogen-bond donors (Lipinski definition) is 2. The first-order valence-corrected chi connectivity index (χ1v) is 10.3. The maximum Gasteiger partial charge on any atom is 0.359 e. The van der Waals surface area contributed by atoms with Crippen LogP contribution in [-0.2, 0) is 16.1 Å². The Morgan fingerprint density at radius 2 is 1.87 bits per heavy atom. The Morgan fingerprint density at radius 3 is 2.57 bits per heavy atom. The minimum absolute atomic E-state index is 0.0316. The number of amides is 3. The highest BCUT2D eigenvalue weighted by Crippen LogP contribution is 2.18. The summed E-state index contributed by atoms with van der Waals surface area (Å²) in [5.74, 6) is -1.56. The first-order valence-electron chi connectivity index (χ1n) is 10.3. The fourth-order valence-corrected chi connectivity index (χ4v) is 3.04. The number of rotatable bonds is 9. The van der Waals surface area contributed by atoms with Crippen molar-refractivity contribution in [2.24, 2.45) is 0 Å². The molecule has 0 atom stereocenters. The van der Waals surface area contributed by atoms with Crippen LogP contribution >= 0.6 is 0 Å². The number of nitrogens with zero attached hydrogens (tertiary/aromatic N) is 2. The first-order chi connectivity index (χ1) is 14.5. The summed E-state index contributed by atoms with van der Waals surface area (Å²) in [7, 11) is 0. The molecule has 1 aliphatic carbocycles. The van der Waals surface area contributed by atoms with E-state index in [9.17, 15) is 19.2 Å². The zero-order chi connectivity index (χ0) is 21.5. The Hall–Kier alpha value is -3.23. The van der Waals surface area contributed by atoms with Crippen molar-refractivity contribution < 1.29 is 19.1 Å². The second-order valence-corrected chi connectivity index (χ2v) is 7.36. The summed E-state index contributed by atoms with van der Waals surface area (Å²) in [4.78, 5) is 48.7. The van der Waals surface area contributed by atoms with Crippen molar-refractivity contribution in [1.29, 1.82) is 0 Å². The van der Waals surface area contributed by atoms with Crippen molar-refractivity contribution in [1.82, 2.24) is 20.4 Å². The maximum absolute atomic E-state index is 12.7. The summed E-state index contributed by atoms with van der Waals surface area (Å²) in [6.45, 7) is 1.87. The molecule has 160 valence electrons. The number of nitrogens with one attached hydrogen (secondary N) is 2. The van der Waals surface area contributed by atoms with E-state index in [1.165, 1.54) is 4.68 Å². The third kappa shape index (κ3) is 5.65. The third-order valence-corrected chi connectivity index (χ3v) is 4.78. The number of imide groups is 1. The van der Waals surface area contributed by atoms with Gasteiger partial charge >= 0.3 is 12.0 Å². The highest BCUT2D eigenvalue weighted by atomic mass is 16.5. The molecule has 2 N–H and O–H groups in total. The van der Waals surface area contributed by atoms with E-state index in [0.29, 0.717) is 17.3 Å². The smallest absolute Gasteiger partial charge is 0.359 e. The average molecular weight is 414 g/mol. The van der Waals surface area contributed by atoms with Gasteiger partial charge in [-0.05, 0) is 25.3 Å². The van der Waals surface area contributed by atoms with E-state index in [-0.39, 0.29) is 17.3 Å². The van der Waals surface area contributed by atoms with E-state index < -0.39 is 24.5 Å². The molecule has 3 amide bonds. The van der Waals surface area contributed by atoms with Crippen LogP contribution in [0.4, 0.5) is 4.79 Å². The number of esters is 1. The lowest BCUT2D eigenvalue weighted by Crippen LogP contribution is -2.42. The van der Waals surface area contributed by atoms with Crippen LogP contribution in [0.3, 0.4) is 0 Å². The molecule has 9 nitrogen and oxygen atoms in total. The number of aromatic nitrogens is 2. The van der Waals surface area contributed by atoms with Gasteiger partial charge in [-0.15, -0.1) is 0 Å². The summed E-state index contributed by atoms with van der Waals surface area (Å²) < 4.78 is 6.32. The zero-order valence-electron chi connectivity index (χ0n) is 17.0. The van der Waals surface area contributed by atoms with Crippen LogP contribution in [-0.4, -0.2) is 40.3 Å². The van der Waals surface area contributed by atoms with Crippen LogP contribution in [0, 0.1) is 0 Å². The highest BCUT2D eigenvalue weighted by molar-refractivity contribution is 6.03. The second kappa shape index (κ2) is 10.00. The van der Waals surface area contributed by atoms with Gasteiger partial charge < -0.3 is 10.1 Å². The van der Waals surface area contributed by atoms with Gasteiger partial charge in [0.1, 0.15) is 0 Å². The zero-order valence-corrected chi connectivity index (χ0v) is 17.0. The molecule has 1 heterocycles. The van der Waals surface area contributed by atoms with Crippen LogP contribution in [0.1, 0.15) is 55.9 Å². The Morgan fingerprint density at radius 1 is 1.13 bits per heavy atom. The molecule has 1 aromatic carbocycles. The molecule has 30 heavy (non-hydrogen) atoms. The third-order valence-electron chi connectivity index (χ3n) is 4.78. The summed E-state index contributed by atoms with van der Waals surface area (Å²) in [6, 6.07) is 6.16. The minimum atomic E-state index is -0.828.